The summed E-state index contributed by atoms with van der Waals surface area (Å²) < 4.78 is 0. The van der Waals surface area contributed by atoms with E-state index in [1.165, 1.54) is 6.07 Å². The van der Waals surface area contributed by atoms with Gasteiger partial charge in [0.2, 0.25) is 0 Å². The maximum atomic E-state index is 5.98. The van der Waals surface area contributed by atoms with Crippen molar-refractivity contribution in [3.63, 3.8) is 0 Å². The zero-order valence-electron chi connectivity index (χ0n) is 8.45. The quantitative estimate of drug-likeness (QED) is 0.604. The molecule has 5 heteroatoms. The van der Waals surface area contributed by atoms with Gasteiger partial charge in [-0.3, -0.25) is 0 Å². The molecule has 1 unspecified atom stereocenters. The highest BCUT2D eigenvalue weighted by molar-refractivity contribution is 6.48. The number of hydrogen-bond acceptors (Lipinski definition) is 1. The Bertz CT molecular complexity index is 433. The van der Waals surface area contributed by atoms with Gasteiger partial charge in [0.25, 0.3) is 0 Å². The lowest BCUT2D eigenvalue weighted by Crippen LogP contribution is -2.15. The van der Waals surface area contributed by atoms with E-state index in [9.17, 15) is 0 Å². The molecule has 0 spiro atoms. The van der Waals surface area contributed by atoms with E-state index in [4.69, 9.17) is 52.1 Å². The Hall–Kier alpha value is -0.100. The molecule has 1 aromatic carbocycles. The van der Waals surface area contributed by atoms with Crippen molar-refractivity contribution < 1.29 is 0 Å². The van der Waals surface area contributed by atoms with E-state index in [-0.39, 0.29) is 6.04 Å². The molecule has 0 heterocycles. The van der Waals surface area contributed by atoms with Gasteiger partial charge in [-0.15, -0.1) is 0 Å². The van der Waals surface area contributed by atoms with Gasteiger partial charge < -0.3 is 5.73 Å². The predicted molar refractivity (Wildman–Crippen MR) is 71.6 cm³/mol. The molecule has 1 rings (SSSR count). The number of rotatable bonds is 1. The Morgan fingerprint density at radius 3 is 2.12 bits per heavy atom. The Morgan fingerprint density at radius 2 is 1.69 bits per heavy atom. The highest BCUT2D eigenvalue weighted by atomic mass is 35.5. The number of nitrogens with two attached hydrogens (primary N) is 1. The van der Waals surface area contributed by atoms with Crippen molar-refractivity contribution in [3.8, 4) is 11.8 Å². The van der Waals surface area contributed by atoms with Crippen LogP contribution in [0, 0.1) is 11.8 Å². The monoisotopic (exact) mass is 295 g/mol. The van der Waals surface area contributed by atoms with E-state index in [1.807, 2.05) is 6.92 Å². The van der Waals surface area contributed by atoms with Crippen molar-refractivity contribution in [1.29, 1.82) is 0 Å². The predicted octanol–water partition coefficient (Wildman–Crippen LogP) is 4.39. The number of benzene rings is 1. The molecule has 1 aromatic rings. The van der Waals surface area contributed by atoms with Crippen LogP contribution in [0.25, 0.3) is 0 Å². The second-order valence-corrected chi connectivity index (χ2v) is 4.70. The molecule has 0 aliphatic heterocycles. The van der Waals surface area contributed by atoms with Gasteiger partial charge in [0, 0.05) is 0 Å². The molecule has 0 saturated heterocycles. The number of halogens is 4. The van der Waals surface area contributed by atoms with Crippen molar-refractivity contribution >= 4 is 46.4 Å². The van der Waals surface area contributed by atoms with E-state index in [0.29, 0.717) is 25.7 Å². The van der Waals surface area contributed by atoms with Crippen LogP contribution < -0.4 is 5.73 Å². The lowest BCUT2D eigenvalue weighted by Gasteiger charge is -2.04. The zero-order valence-corrected chi connectivity index (χ0v) is 11.5. The Morgan fingerprint density at radius 1 is 1.19 bits per heavy atom. The second kappa shape index (κ2) is 6.00. The molecular weight excluding hydrogens is 288 g/mol. The topological polar surface area (TPSA) is 26.0 Å². The summed E-state index contributed by atoms with van der Waals surface area (Å²) in [5, 5.41) is 1.25. The van der Waals surface area contributed by atoms with Crippen LogP contribution >= 0.6 is 46.4 Å². The summed E-state index contributed by atoms with van der Waals surface area (Å²) in [6.07, 6.45) is 0.747. The van der Waals surface area contributed by atoms with Gasteiger partial charge in [-0.2, -0.15) is 0 Å². The first-order valence-corrected chi connectivity index (χ1v) is 6.08. The fraction of sp³-hybridized carbons (Fsp3) is 0.273. The Balaban J connectivity index is 3.26. The molecule has 0 saturated carbocycles. The van der Waals surface area contributed by atoms with Crippen LogP contribution in [0.2, 0.25) is 20.1 Å². The highest BCUT2D eigenvalue weighted by Crippen LogP contribution is 2.36. The summed E-state index contributed by atoms with van der Waals surface area (Å²) in [6, 6.07) is 1.27. The standard InChI is InChI=1S/C11H9Cl4N/c1-2-6(16)3-4-7-10(14)8(12)5-9(13)11(7)15/h5-6H,2,16H2,1H3. The minimum absolute atomic E-state index is 0.218. The Kier molecular flexibility index (Phi) is 5.24. The molecule has 1 atom stereocenters. The third-order valence-corrected chi connectivity index (χ3v) is 3.51. The lowest BCUT2D eigenvalue weighted by atomic mass is 10.2. The molecule has 0 radical (unpaired) electrons. The van der Waals surface area contributed by atoms with Gasteiger partial charge in [0.05, 0.1) is 31.7 Å². The van der Waals surface area contributed by atoms with Gasteiger partial charge >= 0.3 is 0 Å². The average molecular weight is 297 g/mol. The summed E-state index contributed by atoms with van der Waals surface area (Å²) >= 11 is 23.7. The summed E-state index contributed by atoms with van der Waals surface area (Å²) in [6.45, 7) is 1.94. The largest absolute Gasteiger partial charge is 0.318 e. The minimum Gasteiger partial charge on any atom is -0.318 e. The van der Waals surface area contributed by atoms with Gasteiger partial charge in [-0.25, -0.2) is 0 Å². The van der Waals surface area contributed by atoms with E-state index >= 15 is 0 Å². The zero-order chi connectivity index (χ0) is 12.3. The van der Waals surface area contributed by atoms with Crippen LogP contribution in [0.5, 0.6) is 0 Å². The SMILES string of the molecule is CCC(N)C#Cc1c(Cl)c(Cl)cc(Cl)c1Cl. The van der Waals surface area contributed by atoms with Crippen LogP contribution in [0.15, 0.2) is 6.07 Å². The summed E-state index contributed by atoms with van der Waals surface area (Å²) in [4.78, 5) is 0. The van der Waals surface area contributed by atoms with Crippen LogP contribution in [0.1, 0.15) is 18.9 Å². The summed E-state index contributed by atoms with van der Waals surface area (Å²) in [7, 11) is 0. The molecule has 0 aliphatic rings. The van der Waals surface area contributed by atoms with Gasteiger partial charge in [0.1, 0.15) is 0 Å². The molecule has 0 amide bonds. The maximum absolute atomic E-state index is 5.98. The fourth-order valence-electron chi connectivity index (χ4n) is 0.950. The highest BCUT2D eigenvalue weighted by Gasteiger charge is 2.12. The first kappa shape index (κ1) is 14.0. The third kappa shape index (κ3) is 3.20. The van der Waals surface area contributed by atoms with Crippen molar-refractivity contribution in [2.75, 3.05) is 0 Å². The first-order chi connectivity index (χ1) is 7.47. The van der Waals surface area contributed by atoms with E-state index in [1.54, 1.807) is 0 Å². The molecule has 86 valence electrons. The molecule has 0 fully saturated rings. The first-order valence-electron chi connectivity index (χ1n) is 4.57. The van der Waals surface area contributed by atoms with Gasteiger partial charge in [-0.1, -0.05) is 65.2 Å². The van der Waals surface area contributed by atoms with Crippen LogP contribution in [-0.2, 0) is 0 Å². The normalized spacial score (nSPS) is 11.9. The van der Waals surface area contributed by atoms with Crippen molar-refractivity contribution in [2.45, 2.75) is 19.4 Å². The van der Waals surface area contributed by atoms with Crippen LogP contribution in [0.3, 0.4) is 0 Å². The molecule has 1 nitrogen and oxygen atoms in total. The van der Waals surface area contributed by atoms with Gasteiger partial charge in [-0.05, 0) is 12.5 Å². The molecule has 0 aromatic heterocycles. The Labute approximate surface area is 115 Å². The van der Waals surface area contributed by atoms with Gasteiger partial charge in [0.15, 0.2) is 0 Å². The van der Waals surface area contributed by atoms with E-state index in [0.717, 1.165) is 6.42 Å². The fourth-order valence-corrected chi connectivity index (χ4v) is 1.85. The smallest absolute Gasteiger partial charge is 0.0764 e. The summed E-state index contributed by atoms with van der Waals surface area (Å²) in [5.74, 6) is 5.63. The lowest BCUT2D eigenvalue weighted by molar-refractivity contribution is 0.806. The molecule has 2 N–H and O–H groups in total. The molecule has 16 heavy (non-hydrogen) atoms. The van der Waals surface area contributed by atoms with Crippen molar-refractivity contribution in [1.82, 2.24) is 0 Å². The van der Waals surface area contributed by atoms with Crippen LogP contribution in [0.4, 0.5) is 0 Å². The van der Waals surface area contributed by atoms with Crippen molar-refractivity contribution in [3.05, 3.63) is 31.7 Å². The third-order valence-electron chi connectivity index (χ3n) is 1.93. The summed E-state index contributed by atoms with van der Waals surface area (Å²) in [5.41, 5.74) is 6.09. The minimum atomic E-state index is -0.218. The van der Waals surface area contributed by atoms with E-state index in [2.05, 4.69) is 11.8 Å². The number of hydrogen-bond donors (Lipinski definition) is 1. The molecule has 0 bridgehead atoms. The van der Waals surface area contributed by atoms with Crippen molar-refractivity contribution in [2.24, 2.45) is 5.73 Å². The molecule has 0 aliphatic carbocycles. The van der Waals surface area contributed by atoms with E-state index < -0.39 is 0 Å². The maximum Gasteiger partial charge on any atom is 0.0764 e. The van der Waals surface area contributed by atoms with Crippen LogP contribution in [-0.4, -0.2) is 6.04 Å². The second-order valence-electron chi connectivity index (χ2n) is 3.13. The average Bonchev–Trinajstić information content (AvgIpc) is 2.26. The molecular formula is C11H9Cl4N.